The lowest BCUT2D eigenvalue weighted by Crippen LogP contribution is -2.30. The van der Waals surface area contributed by atoms with Gasteiger partial charge in [0.1, 0.15) is 5.75 Å². The van der Waals surface area contributed by atoms with Crippen LogP contribution in [0.15, 0.2) is 42.5 Å². The van der Waals surface area contributed by atoms with Crippen molar-refractivity contribution in [3.8, 4) is 5.75 Å². The summed E-state index contributed by atoms with van der Waals surface area (Å²) in [4.78, 5) is 12.3. The van der Waals surface area contributed by atoms with Gasteiger partial charge in [0.2, 0.25) is 0 Å². The number of carbonyl (C=O) groups excluding carboxylic acids is 1. The molecule has 0 aliphatic heterocycles. The normalized spacial score (nSPS) is 11.8. The van der Waals surface area contributed by atoms with Crippen molar-refractivity contribution in [2.24, 2.45) is 0 Å². The van der Waals surface area contributed by atoms with Crippen molar-refractivity contribution in [2.75, 3.05) is 12.4 Å². The van der Waals surface area contributed by atoms with E-state index in [1.54, 1.807) is 14.0 Å². The average molecular weight is 313 g/mol. The summed E-state index contributed by atoms with van der Waals surface area (Å²) in [6.45, 7) is 6.27. The lowest BCUT2D eigenvalue weighted by molar-refractivity contribution is -0.122. The van der Waals surface area contributed by atoms with Crippen LogP contribution in [0.2, 0.25) is 0 Å². The van der Waals surface area contributed by atoms with E-state index in [4.69, 9.17) is 9.47 Å². The Balaban J connectivity index is 2.00. The number of anilines is 1. The summed E-state index contributed by atoms with van der Waals surface area (Å²) in [7, 11) is 1.64. The highest BCUT2D eigenvalue weighted by Gasteiger charge is 2.15. The molecule has 23 heavy (non-hydrogen) atoms. The molecule has 1 atom stereocenters. The van der Waals surface area contributed by atoms with Gasteiger partial charge in [0, 0.05) is 12.8 Å². The molecule has 0 bridgehead atoms. The van der Waals surface area contributed by atoms with Crippen molar-refractivity contribution in [1.82, 2.24) is 0 Å². The van der Waals surface area contributed by atoms with Gasteiger partial charge < -0.3 is 14.8 Å². The maximum absolute atomic E-state index is 12.3. The van der Waals surface area contributed by atoms with Gasteiger partial charge in [-0.2, -0.15) is 0 Å². The first-order chi connectivity index (χ1) is 11.0. The van der Waals surface area contributed by atoms with Crippen LogP contribution in [-0.2, 0) is 16.1 Å². The largest absolute Gasteiger partial charge is 0.481 e. The Bertz CT molecular complexity index is 662. The molecule has 0 fully saturated rings. The fourth-order valence-corrected chi connectivity index (χ4v) is 2.41. The predicted octanol–water partition coefficient (Wildman–Crippen LogP) is 3.86. The van der Waals surface area contributed by atoms with E-state index in [0.717, 1.165) is 22.4 Å². The first-order valence-electron chi connectivity index (χ1n) is 7.61. The number of aryl methyl sites for hydroxylation is 2. The smallest absolute Gasteiger partial charge is 0.265 e. The third-order valence-electron chi connectivity index (χ3n) is 3.38. The molecule has 0 heterocycles. The van der Waals surface area contributed by atoms with Gasteiger partial charge in [0.15, 0.2) is 6.10 Å². The summed E-state index contributed by atoms with van der Waals surface area (Å²) < 4.78 is 10.9. The minimum absolute atomic E-state index is 0.182. The minimum Gasteiger partial charge on any atom is -0.481 e. The van der Waals surface area contributed by atoms with Crippen LogP contribution in [0, 0.1) is 13.8 Å². The van der Waals surface area contributed by atoms with Crippen LogP contribution in [-0.4, -0.2) is 19.1 Å². The van der Waals surface area contributed by atoms with Gasteiger partial charge in [-0.25, -0.2) is 0 Å². The molecule has 2 rings (SSSR count). The Morgan fingerprint density at radius 3 is 2.48 bits per heavy atom. The second-order valence-electron chi connectivity index (χ2n) is 5.71. The number of nitrogens with one attached hydrogen (secondary N) is 1. The summed E-state index contributed by atoms with van der Waals surface area (Å²) in [5.74, 6) is 0.525. The highest BCUT2D eigenvalue weighted by atomic mass is 16.5. The molecule has 2 aromatic rings. The molecule has 0 aliphatic carbocycles. The van der Waals surface area contributed by atoms with Gasteiger partial charge in [0.05, 0.1) is 6.61 Å². The van der Waals surface area contributed by atoms with Crippen molar-refractivity contribution in [1.29, 1.82) is 0 Å². The average Bonchev–Trinajstić information content (AvgIpc) is 2.46. The predicted molar refractivity (Wildman–Crippen MR) is 91.8 cm³/mol. The zero-order valence-corrected chi connectivity index (χ0v) is 14.1. The summed E-state index contributed by atoms with van der Waals surface area (Å²) in [6.07, 6.45) is -0.581. The van der Waals surface area contributed by atoms with Crippen LogP contribution in [0.3, 0.4) is 0 Å². The van der Waals surface area contributed by atoms with Crippen LogP contribution >= 0.6 is 0 Å². The Hall–Kier alpha value is -2.33. The number of carbonyl (C=O) groups is 1. The van der Waals surface area contributed by atoms with Crippen LogP contribution in [0.1, 0.15) is 23.6 Å². The SMILES string of the molecule is COCc1cccc(NC(=O)[C@H](C)Oc2cc(C)cc(C)c2)c1. The molecule has 0 saturated carbocycles. The third-order valence-corrected chi connectivity index (χ3v) is 3.38. The molecule has 0 saturated heterocycles. The van der Waals surface area contributed by atoms with Crippen LogP contribution < -0.4 is 10.1 Å². The maximum atomic E-state index is 12.3. The molecular formula is C19H23NO3. The monoisotopic (exact) mass is 313 g/mol. The molecule has 2 aromatic carbocycles. The van der Waals surface area contributed by atoms with Gasteiger partial charge >= 0.3 is 0 Å². The molecule has 1 N–H and O–H groups in total. The highest BCUT2D eigenvalue weighted by molar-refractivity contribution is 5.94. The summed E-state index contributed by atoms with van der Waals surface area (Å²) >= 11 is 0. The van der Waals surface area contributed by atoms with Crippen molar-refractivity contribution in [2.45, 2.75) is 33.5 Å². The van der Waals surface area contributed by atoms with Crippen molar-refractivity contribution in [3.63, 3.8) is 0 Å². The van der Waals surface area contributed by atoms with Gasteiger partial charge in [-0.1, -0.05) is 18.2 Å². The molecule has 0 spiro atoms. The maximum Gasteiger partial charge on any atom is 0.265 e. The molecule has 1 amide bonds. The van der Waals surface area contributed by atoms with E-state index in [1.807, 2.05) is 50.2 Å². The molecule has 0 unspecified atom stereocenters. The number of ether oxygens (including phenoxy) is 2. The lowest BCUT2D eigenvalue weighted by atomic mass is 10.1. The summed E-state index contributed by atoms with van der Waals surface area (Å²) in [6, 6.07) is 13.5. The van der Waals surface area contributed by atoms with E-state index in [2.05, 4.69) is 11.4 Å². The highest BCUT2D eigenvalue weighted by Crippen LogP contribution is 2.18. The van der Waals surface area contributed by atoms with Crippen molar-refractivity contribution in [3.05, 3.63) is 59.2 Å². The Kier molecular flexibility index (Phi) is 5.77. The van der Waals surface area contributed by atoms with E-state index >= 15 is 0 Å². The first-order valence-corrected chi connectivity index (χ1v) is 7.61. The van der Waals surface area contributed by atoms with E-state index < -0.39 is 6.10 Å². The number of benzene rings is 2. The Morgan fingerprint density at radius 2 is 1.83 bits per heavy atom. The van der Waals surface area contributed by atoms with Gasteiger partial charge in [-0.3, -0.25) is 4.79 Å². The Morgan fingerprint density at radius 1 is 1.13 bits per heavy atom. The zero-order valence-electron chi connectivity index (χ0n) is 14.1. The molecular weight excluding hydrogens is 290 g/mol. The number of amides is 1. The molecule has 4 nitrogen and oxygen atoms in total. The minimum atomic E-state index is -0.581. The van der Waals surface area contributed by atoms with E-state index in [9.17, 15) is 4.79 Å². The molecule has 122 valence electrons. The van der Waals surface area contributed by atoms with Crippen molar-refractivity contribution < 1.29 is 14.3 Å². The molecule has 0 aromatic heterocycles. The van der Waals surface area contributed by atoms with Gasteiger partial charge in [-0.05, 0) is 61.7 Å². The van der Waals surface area contributed by atoms with Crippen LogP contribution in [0.5, 0.6) is 5.75 Å². The zero-order chi connectivity index (χ0) is 16.8. The number of methoxy groups -OCH3 is 1. The first kappa shape index (κ1) is 17.0. The fraction of sp³-hybridized carbons (Fsp3) is 0.316. The number of rotatable bonds is 6. The Labute approximate surface area is 137 Å². The third kappa shape index (κ3) is 5.11. The lowest BCUT2D eigenvalue weighted by Gasteiger charge is -2.16. The van der Waals surface area contributed by atoms with Crippen LogP contribution in [0.25, 0.3) is 0 Å². The van der Waals surface area contributed by atoms with E-state index in [-0.39, 0.29) is 5.91 Å². The number of hydrogen-bond donors (Lipinski definition) is 1. The quantitative estimate of drug-likeness (QED) is 0.881. The fourth-order valence-electron chi connectivity index (χ4n) is 2.41. The van der Waals surface area contributed by atoms with Crippen molar-refractivity contribution >= 4 is 11.6 Å². The molecule has 0 aliphatic rings. The molecule has 0 radical (unpaired) electrons. The standard InChI is InChI=1S/C19H23NO3/c1-13-8-14(2)10-18(9-13)23-15(3)19(21)20-17-7-5-6-16(11-17)12-22-4/h5-11,15H,12H2,1-4H3,(H,20,21)/t15-/m0/s1. The topological polar surface area (TPSA) is 47.6 Å². The van der Waals surface area contributed by atoms with E-state index in [0.29, 0.717) is 12.4 Å². The second-order valence-corrected chi connectivity index (χ2v) is 5.71. The number of hydrogen-bond acceptors (Lipinski definition) is 3. The van der Waals surface area contributed by atoms with E-state index in [1.165, 1.54) is 0 Å². The van der Waals surface area contributed by atoms with Gasteiger partial charge in [-0.15, -0.1) is 0 Å². The van der Waals surface area contributed by atoms with Crippen LogP contribution in [0.4, 0.5) is 5.69 Å². The second kappa shape index (κ2) is 7.79. The van der Waals surface area contributed by atoms with Gasteiger partial charge in [0.25, 0.3) is 5.91 Å². The molecule has 4 heteroatoms. The summed E-state index contributed by atoms with van der Waals surface area (Å²) in [5.41, 5.74) is 3.97. The summed E-state index contributed by atoms with van der Waals surface area (Å²) in [5, 5.41) is 2.87.